The Hall–Kier alpha value is -3.24. The maximum absolute atomic E-state index is 13.2. The highest BCUT2D eigenvalue weighted by Crippen LogP contribution is 2.30. The largest absolute Gasteiger partial charge is 0.416 e. The van der Waals surface area contributed by atoms with Crippen molar-refractivity contribution in [1.29, 1.82) is 0 Å². The van der Waals surface area contributed by atoms with Crippen LogP contribution in [0, 0.1) is 5.82 Å². The van der Waals surface area contributed by atoms with Gasteiger partial charge in [0.1, 0.15) is 11.9 Å². The molecule has 10 heteroatoms. The average Bonchev–Trinajstić information content (AvgIpc) is 2.74. The normalized spacial score (nSPS) is 12.9. The summed E-state index contributed by atoms with van der Waals surface area (Å²) in [5.74, 6) is -1.48. The number of benzene rings is 3. The molecule has 0 radical (unpaired) electrons. The second-order valence-corrected chi connectivity index (χ2v) is 8.60. The minimum atomic E-state index is -4.60. The maximum atomic E-state index is 13.2. The number of hydrogen-bond acceptors (Lipinski definition) is 3. The molecule has 0 spiro atoms. The molecule has 0 bridgehead atoms. The minimum absolute atomic E-state index is 0.0634. The second kappa shape index (κ2) is 9.49. The Balaban J connectivity index is 1.87. The molecule has 1 amide bonds. The molecule has 0 aliphatic heterocycles. The van der Waals surface area contributed by atoms with Gasteiger partial charge in [-0.2, -0.15) is 17.9 Å². The third-order valence-electron chi connectivity index (χ3n) is 4.48. The van der Waals surface area contributed by atoms with Crippen LogP contribution in [0.15, 0.2) is 83.8 Å². The number of rotatable bonds is 7. The van der Waals surface area contributed by atoms with E-state index >= 15 is 0 Å². The number of anilines is 1. The molecule has 0 aliphatic rings. The highest BCUT2D eigenvalue weighted by molar-refractivity contribution is 7.89. The van der Waals surface area contributed by atoms with E-state index in [0.29, 0.717) is 5.56 Å². The third-order valence-corrected chi connectivity index (χ3v) is 5.97. The molecule has 3 aromatic carbocycles. The Labute approximate surface area is 182 Å². The summed E-state index contributed by atoms with van der Waals surface area (Å²) in [6.45, 7) is 0. The number of amides is 1. The molecular formula is C22H18F4N2O3S. The molecule has 0 aromatic heterocycles. The van der Waals surface area contributed by atoms with E-state index in [1.165, 1.54) is 6.07 Å². The average molecular weight is 466 g/mol. The number of alkyl halides is 3. The van der Waals surface area contributed by atoms with Crippen LogP contribution in [0.5, 0.6) is 0 Å². The Morgan fingerprint density at radius 1 is 0.906 bits per heavy atom. The van der Waals surface area contributed by atoms with Crippen molar-refractivity contribution in [3.8, 4) is 0 Å². The van der Waals surface area contributed by atoms with Crippen molar-refractivity contribution >= 4 is 21.6 Å². The monoisotopic (exact) mass is 466 g/mol. The Morgan fingerprint density at radius 3 is 2.19 bits per heavy atom. The van der Waals surface area contributed by atoms with Crippen LogP contribution in [0.1, 0.15) is 11.1 Å². The second-order valence-electron chi connectivity index (χ2n) is 6.89. The van der Waals surface area contributed by atoms with Gasteiger partial charge in [0.15, 0.2) is 0 Å². The number of hydrogen-bond donors (Lipinski definition) is 2. The van der Waals surface area contributed by atoms with Crippen molar-refractivity contribution in [3.05, 3.63) is 95.8 Å². The fourth-order valence-electron chi connectivity index (χ4n) is 2.91. The first-order valence-corrected chi connectivity index (χ1v) is 10.8. The van der Waals surface area contributed by atoms with Gasteiger partial charge in [-0.05, 0) is 54.4 Å². The van der Waals surface area contributed by atoms with Crippen molar-refractivity contribution in [2.45, 2.75) is 23.5 Å². The molecule has 0 saturated heterocycles. The lowest BCUT2D eigenvalue weighted by atomic mass is 10.1. The smallest absolute Gasteiger partial charge is 0.325 e. The zero-order chi connectivity index (χ0) is 23.4. The fourth-order valence-corrected chi connectivity index (χ4v) is 4.10. The summed E-state index contributed by atoms with van der Waals surface area (Å²) in [7, 11) is -4.22. The van der Waals surface area contributed by atoms with Gasteiger partial charge in [0.25, 0.3) is 0 Å². The summed E-state index contributed by atoms with van der Waals surface area (Å²) >= 11 is 0. The molecule has 0 heterocycles. The van der Waals surface area contributed by atoms with E-state index in [1.54, 1.807) is 30.3 Å². The molecular weight excluding hydrogens is 448 g/mol. The van der Waals surface area contributed by atoms with Gasteiger partial charge in [0.05, 0.1) is 10.5 Å². The molecule has 3 aromatic rings. The minimum Gasteiger partial charge on any atom is -0.325 e. The van der Waals surface area contributed by atoms with E-state index in [-0.39, 0.29) is 17.0 Å². The van der Waals surface area contributed by atoms with Crippen molar-refractivity contribution in [2.75, 3.05) is 5.32 Å². The van der Waals surface area contributed by atoms with Gasteiger partial charge in [-0.3, -0.25) is 4.79 Å². The van der Waals surface area contributed by atoms with Gasteiger partial charge in [-0.25, -0.2) is 12.8 Å². The lowest BCUT2D eigenvalue weighted by molar-refractivity contribution is -0.137. The van der Waals surface area contributed by atoms with E-state index in [9.17, 15) is 30.8 Å². The molecule has 168 valence electrons. The van der Waals surface area contributed by atoms with Crippen LogP contribution < -0.4 is 10.0 Å². The lowest BCUT2D eigenvalue weighted by Crippen LogP contribution is -2.45. The van der Waals surface area contributed by atoms with Crippen LogP contribution in [0.25, 0.3) is 0 Å². The van der Waals surface area contributed by atoms with Gasteiger partial charge in [-0.1, -0.05) is 36.4 Å². The van der Waals surface area contributed by atoms with Crippen LogP contribution in [-0.4, -0.2) is 20.4 Å². The molecule has 1 atom stereocenters. The molecule has 32 heavy (non-hydrogen) atoms. The SMILES string of the molecule is O=C(Nc1cccc(C(F)(F)F)c1)C(Cc1ccccc1)NS(=O)(=O)c1ccc(F)cc1. The maximum Gasteiger partial charge on any atom is 0.416 e. The number of carbonyl (C=O) groups excluding carboxylic acids is 1. The summed E-state index contributed by atoms with van der Waals surface area (Å²) < 4.78 is 79.7. The first kappa shape index (κ1) is 23.4. The molecule has 2 N–H and O–H groups in total. The van der Waals surface area contributed by atoms with Gasteiger partial charge in [0.2, 0.25) is 15.9 Å². The first-order chi connectivity index (χ1) is 15.0. The van der Waals surface area contributed by atoms with Gasteiger partial charge < -0.3 is 5.32 Å². The molecule has 3 rings (SSSR count). The van der Waals surface area contributed by atoms with Gasteiger partial charge >= 0.3 is 6.18 Å². The highest BCUT2D eigenvalue weighted by Gasteiger charge is 2.31. The van der Waals surface area contributed by atoms with Crippen molar-refractivity contribution in [1.82, 2.24) is 4.72 Å². The van der Waals surface area contributed by atoms with E-state index in [1.807, 2.05) is 0 Å². The molecule has 0 saturated carbocycles. The standard InChI is InChI=1S/C22H18F4N2O3S/c23-17-9-11-19(12-10-17)32(30,31)28-20(13-15-5-2-1-3-6-15)21(29)27-18-8-4-7-16(14-18)22(24,25)26/h1-12,14,20,28H,13H2,(H,27,29). The molecule has 0 fully saturated rings. The Bertz CT molecular complexity index is 1180. The summed E-state index contributed by atoms with van der Waals surface area (Å²) in [5.41, 5.74) is -0.468. The summed E-state index contributed by atoms with van der Waals surface area (Å²) in [6.07, 6.45) is -4.67. The van der Waals surface area contributed by atoms with E-state index in [4.69, 9.17) is 0 Å². The number of halogens is 4. The van der Waals surface area contributed by atoms with Crippen LogP contribution in [-0.2, 0) is 27.4 Å². The highest BCUT2D eigenvalue weighted by atomic mass is 32.2. The fraction of sp³-hybridized carbons (Fsp3) is 0.136. The third kappa shape index (κ3) is 6.14. The van der Waals surface area contributed by atoms with Crippen molar-refractivity contribution in [3.63, 3.8) is 0 Å². The summed E-state index contributed by atoms with van der Waals surface area (Å²) in [4.78, 5) is 12.6. The predicted octanol–water partition coefficient (Wildman–Crippen LogP) is 4.37. The summed E-state index contributed by atoms with van der Waals surface area (Å²) in [6, 6.07) is 15.2. The van der Waals surface area contributed by atoms with Gasteiger partial charge in [-0.15, -0.1) is 0 Å². The first-order valence-electron chi connectivity index (χ1n) is 9.34. The predicted molar refractivity (Wildman–Crippen MR) is 111 cm³/mol. The van der Waals surface area contributed by atoms with Crippen LogP contribution in [0.2, 0.25) is 0 Å². The lowest BCUT2D eigenvalue weighted by Gasteiger charge is -2.19. The summed E-state index contributed by atoms with van der Waals surface area (Å²) in [5, 5.41) is 2.33. The van der Waals surface area contributed by atoms with Crippen LogP contribution in [0.3, 0.4) is 0 Å². The van der Waals surface area contributed by atoms with Crippen molar-refractivity contribution in [2.24, 2.45) is 0 Å². The van der Waals surface area contributed by atoms with Crippen molar-refractivity contribution < 1.29 is 30.8 Å². The van der Waals surface area contributed by atoms with Crippen LogP contribution in [0.4, 0.5) is 23.2 Å². The molecule has 1 unspecified atom stereocenters. The van der Waals surface area contributed by atoms with E-state index in [2.05, 4.69) is 10.0 Å². The quantitative estimate of drug-likeness (QED) is 0.508. The Morgan fingerprint density at radius 2 is 1.56 bits per heavy atom. The molecule has 0 aliphatic carbocycles. The zero-order valence-corrected chi connectivity index (χ0v) is 17.3. The van der Waals surface area contributed by atoms with E-state index < -0.39 is 39.5 Å². The van der Waals surface area contributed by atoms with Crippen LogP contribution >= 0.6 is 0 Å². The zero-order valence-electron chi connectivity index (χ0n) is 16.4. The van der Waals surface area contributed by atoms with E-state index in [0.717, 1.165) is 42.5 Å². The Kier molecular flexibility index (Phi) is 6.95. The number of carbonyl (C=O) groups is 1. The number of sulfonamides is 1. The van der Waals surface area contributed by atoms with Gasteiger partial charge in [0, 0.05) is 5.69 Å². The topological polar surface area (TPSA) is 75.3 Å². The number of nitrogens with one attached hydrogen (secondary N) is 2. The molecule has 5 nitrogen and oxygen atoms in total.